The van der Waals surface area contributed by atoms with Crippen molar-refractivity contribution in [1.29, 1.82) is 0 Å². The third kappa shape index (κ3) is 3.95. The molecule has 24 heavy (non-hydrogen) atoms. The van der Waals surface area contributed by atoms with Gasteiger partial charge in [0.25, 0.3) is 0 Å². The number of hydrogen-bond donors (Lipinski definition) is 0. The van der Waals surface area contributed by atoms with Crippen molar-refractivity contribution in [3.05, 3.63) is 5.82 Å². The molecule has 5 nitrogen and oxygen atoms in total. The van der Waals surface area contributed by atoms with Gasteiger partial charge in [-0.1, -0.05) is 44.8 Å². The van der Waals surface area contributed by atoms with Crippen molar-refractivity contribution in [1.82, 2.24) is 25.1 Å². The van der Waals surface area contributed by atoms with Crippen LogP contribution in [0.1, 0.15) is 89.3 Å². The Morgan fingerprint density at radius 3 is 2.54 bits per heavy atom. The van der Waals surface area contributed by atoms with E-state index in [1.54, 1.807) is 0 Å². The summed E-state index contributed by atoms with van der Waals surface area (Å²) >= 11 is 5.88. The fourth-order valence-corrected chi connectivity index (χ4v) is 5.14. The van der Waals surface area contributed by atoms with Crippen molar-refractivity contribution in [3.63, 3.8) is 0 Å². The lowest BCUT2D eigenvalue weighted by atomic mass is 9.82. The van der Waals surface area contributed by atoms with Crippen molar-refractivity contribution in [2.24, 2.45) is 7.05 Å². The lowest BCUT2D eigenvalue weighted by Crippen LogP contribution is -2.49. The largest absolute Gasteiger partial charge is 0.360 e. The average molecular weight is 350 g/mol. The maximum atomic E-state index is 5.88. The van der Waals surface area contributed by atoms with Crippen molar-refractivity contribution >= 4 is 17.2 Å². The molecule has 2 unspecified atom stereocenters. The van der Waals surface area contributed by atoms with Crippen LogP contribution in [-0.2, 0) is 7.05 Å². The maximum Gasteiger partial charge on any atom is 0.154 e. The smallest absolute Gasteiger partial charge is 0.154 e. The number of tetrazole rings is 1. The molecule has 0 saturated heterocycles. The fraction of sp³-hybridized carbons (Fsp3) is 0.889. The van der Waals surface area contributed by atoms with Crippen molar-refractivity contribution in [2.75, 3.05) is 0 Å². The second-order valence-electron chi connectivity index (χ2n) is 7.52. The summed E-state index contributed by atoms with van der Waals surface area (Å²) in [4.78, 5) is 3.86. The van der Waals surface area contributed by atoms with E-state index in [4.69, 9.17) is 12.2 Å². The van der Waals surface area contributed by atoms with Crippen LogP contribution >= 0.6 is 12.2 Å². The van der Waals surface area contributed by atoms with E-state index in [1.165, 1.54) is 56.4 Å². The van der Waals surface area contributed by atoms with Gasteiger partial charge in [-0.3, -0.25) is 0 Å². The monoisotopic (exact) mass is 349 g/mol. The average Bonchev–Trinajstić information content (AvgIpc) is 3.03. The SMILES string of the molecule is CCCC(=S)N(C1CCCCC1)C1CCCC(c2nnnn2C)C1. The standard InChI is InChI=1S/C18H31N5S/c1-3-8-17(24)23(15-10-5-4-6-11-15)16-12-7-9-14(13-16)18-19-20-21-22(18)2/h14-16H,3-13H2,1-2H3. The van der Waals surface area contributed by atoms with Crippen LogP contribution in [-0.4, -0.2) is 42.2 Å². The summed E-state index contributed by atoms with van der Waals surface area (Å²) in [5.41, 5.74) is 0. The van der Waals surface area contributed by atoms with Crippen LogP contribution in [0.4, 0.5) is 0 Å². The van der Waals surface area contributed by atoms with Gasteiger partial charge in [0.05, 0.1) is 4.99 Å². The fourth-order valence-electron chi connectivity index (χ4n) is 4.64. The van der Waals surface area contributed by atoms with Gasteiger partial charge in [0.15, 0.2) is 5.82 Å². The van der Waals surface area contributed by atoms with E-state index >= 15 is 0 Å². The molecule has 2 fully saturated rings. The van der Waals surface area contributed by atoms with Crippen LogP contribution in [0.5, 0.6) is 0 Å². The van der Waals surface area contributed by atoms with Gasteiger partial charge in [0.2, 0.25) is 0 Å². The molecular weight excluding hydrogens is 318 g/mol. The van der Waals surface area contributed by atoms with Gasteiger partial charge < -0.3 is 4.90 Å². The molecule has 0 aliphatic heterocycles. The highest BCUT2D eigenvalue weighted by atomic mass is 32.1. The Hall–Kier alpha value is -1.04. The second-order valence-corrected chi connectivity index (χ2v) is 7.99. The van der Waals surface area contributed by atoms with Gasteiger partial charge >= 0.3 is 0 Å². The Balaban J connectivity index is 1.75. The van der Waals surface area contributed by atoms with Crippen LogP contribution in [0.15, 0.2) is 0 Å². The second kappa shape index (κ2) is 8.37. The molecule has 1 heterocycles. The summed E-state index contributed by atoms with van der Waals surface area (Å²) in [6.45, 7) is 2.24. The Bertz CT molecular complexity index is 537. The van der Waals surface area contributed by atoms with Gasteiger partial charge in [-0.25, -0.2) is 4.68 Å². The van der Waals surface area contributed by atoms with E-state index in [-0.39, 0.29) is 0 Å². The van der Waals surface area contributed by atoms with Crippen molar-refractivity contribution in [3.8, 4) is 0 Å². The predicted molar refractivity (Wildman–Crippen MR) is 100 cm³/mol. The van der Waals surface area contributed by atoms with Gasteiger partial charge in [-0.15, -0.1) is 5.10 Å². The summed E-state index contributed by atoms with van der Waals surface area (Å²) in [6.07, 6.45) is 13.8. The minimum Gasteiger partial charge on any atom is -0.360 e. The lowest BCUT2D eigenvalue weighted by molar-refractivity contribution is 0.147. The normalized spacial score (nSPS) is 25.6. The molecule has 0 aromatic carbocycles. The molecule has 0 N–H and O–H groups in total. The quantitative estimate of drug-likeness (QED) is 0.752. The minimum absolute atomic E-state index is 0.472. The Morgan fingerprint density at radius 1 is 1.12 bits per heavy atom. The molecule has 2 saturated carbocycles. The number of thiocarbonyl (C=S) groups is 1. The van der Waals surface area contributed by atoms with E-state index in [0.717, 1.165) is 25.1 Å². The first-order valence-electron chi connectivity index (χ1n) is 9.74. The summed E-state index contributed by atoms with van der Waals surface area (Å²) in [5, 5.41) is 12.2. The molecule has 134 valence electrons. The molecule has 6 heteroatoms. The van der Waals surface area contributed by atoms with E-state index in [1.807, 2.05) is 11.7 Å². The highest BCUT2D eigenvalue weighted by Gasteiger charge is 2.34. The third-order valence-corrected chi connectivity index (χ3v) is 6.19. The van der Waals surface area contributed by atoms with Crippen LogP contribution in [0.2, 0.25) is 0 Å². The third-order valence-electron chi connectivity index (χ3n) is 5.78. The molecule has 2 aliphatic rings. The topological polar surface area (TPSA) is 46.8 Å². The van der Waals surface area contributed by atoms with Gasteiger partial charge in [0, 0.05) is 25.0 Å². The summed E-state index contributed by atoms with van der Waals surface area (Å²) in [5.74, 6) is 1.52. The number of nitrogens with zero attached hydrogens (tertiary/aromatic N) is 5. The summed E-state index contributed by atoms with van der Waals surface area (Å²) < 4.78 is 1.85. The molecule has 2 atom stereocenters. The van der Waals surface area contributed by atoms with Crippen LogP contribution < -0.4 is 0 Å². The molecule has 3 rings (SSSR count). The van der Waals surface area contributed by atoms with E-state index in [0.29, 0.717) is 18.0 Å². The molecule has 1 aromatic heterocycles. The molecular formula is C18H31N5S. The van der Waals surface area contributed by atoms with Crippen molar-refractivity contribution in [2.45, 2.75) is 95.6 Å². The van der Waals surface area contributed by atoms with Crippen molar-refractivity contribution < 1.29 is 0 Å². The molecule has 1 aromatic rings. The van der Waals surface area contributed by atoms with Crippen LogP contribution in [0, 0.1) is 0 Å². The Labute approximate surface area is 151 Å². The highest BCUT2D eigenvalue weighted by Crippen LogP contribution is 2.37. The summed E-state index contributed by atoms with van der Waals surface area (Å²) in [6, 6.07) is 1.24. The van der Waals surface area contributed by atoms with Crippen LogP contribution in [0.3, 0.4) is 0 Å². The minimum atomic E-state index is 0.472. The summed E-state index contributed by atoms with van der Waals surface area (Å²) in [7, 11) is 1.96. The predicted octanol–water partition coefficient (Wildman–Crippen LogP) is 4.00. The zero-order chi connectivity index (χ0) is 16.9. The van der Waals surface area contributed by atoms with Gasteiger partial charge in [-0.05, 0) is 55.4 Å². The van der Waals surface area contributed by atoms with E-state index < -0.39 is 0 Å². The first-order chi connectivity index (χ1) is 11.7. The zero-order valence-electron chi connectivity index (χ0n) is 15.2. The van der Waals surface area contributed by atoms with Gasteiger partial charge in [-0.2, -0.15) is 0 Å². The molecule has 0 bridgehead atoms. The number of aryl methyl sites for hydroxylation is 1. The molecule has 0 spiro atoms. The van der Waals surface area contributed by atoms with Gasteiger partial charge in [0.1, 0.15) is 0 Å². The van der Waals surface area contributed by atoms with Crippen LogP contribution in [0.25, 0.3) is 0 Å². The van der Waals surface area contributed by atoms with E-state index in [9.17, 15) is 0 Å². The van der Waals surface area contributed by atoms with E-state index in [2.05, 4.69) is 27.3 Å². The molecule has 0 amide bonds. The maximum absolute atomic E-state index is 5.88. The molecule has 2 aliphatic carbocycles. The first kappa shape index (κ1) is 17.8. The number of aromatic nitrogens is 4. The number of hydrogen-bond acceptors (Lipinski definition) is 4. The molecule has 0 radical (unpaired) electrons. The lowest BCUT2D eigenvalue weighted by Gasteiger charge is -2.45. The zero-order valence-corrected chi connectivity index (χ0v) is 16.0. The first-order valence-corrected chi connectivity index (χ1v) is 10.1. The Morgan fingerprint density at radius 2 is 1.88 bits per heavy atom. The highest BCUT2D eigenvalue weighted by molar-refractivity contribution is 7.80. The number of rotatable bonds is 5. The Kier molecular flexibility index (Phi) is 6.19.